The van der Waals surface area contributed by atoms with Gasteiger partial charge in [0.25, 0.3) is 5.91 Å². The van der Waals surface area contributed by atoms with Crippen LogP contribution in [0.3, 0.4) is 0 Å². The summed E-state index contributed by atoms with van der Waals surface area (Å²) >= 11 is 1.46. The molecule has 13 heavy (non-hydrogen) atoms. The second-order valence-electron chi connectivity index (χ2n) is 3.37. The molecule has 0 saturated heterocycles. The third-order valence-electron chi connectivity index (χ3n) is 2.59. The molecule has 1 heterocycles. The van der Waals surface area contributed by atoms with Gasteiger partial charge in [-0.1, -0.05) is 0 Å². The maximum Gasteiger partial charge on any atom is 0.273 e. The zero-order valence-electron chi connectivity index (χ0n) is 7.56. The molecule has 70 valence electrons. The maximum absolute atomic E-state index is 11.7. The Balaban J connectivity index is 2.04. The van der Waals surface area contributed by atoms with Crippen molar-refractivity contribution in [2.75, 3.05) is 7.05 Å². The van der Waals surface area contributed by atoms with E-state index in [-0.39, 0.29) is 5.91 Å². The fraction of sp³-hybridized carbons (Fsp3) is 0.556. The van der Waals surface area contributed by atoms with Crippen LogP contribution in [0, 0.1) is 0 Å². The van der Waals surface area contributed by atoms with E-state index >= 15 is 0 Å². The van der Waals surface area contributed by atoms with E-state index in [4.69, 9.17) is 0 Å². The Morgan fingerprint density at radius 3 is 2.92 bits per heavy atom. The summed E-state index contributed by atoms with van der Waals surface area (Å²) in [7, 11) is 1.87. The molecule has 1 saturated carbocycles. The fourth-order valence-corrected chi connectivity index (χ4v) is 1.96. The lowest BCUT2D eigenvalue weighted by atomic mass is 9.92. The summed E-state index contributed by atoms with van der Waals surface area (Å²) in [5.41, 5.74) is 2.28. The molecule has 0 spiro atoms. The molecule has 0 bridgehead atoms. The smallest absolute Gasteiger partial charge is 0.273 e. The number of amides is 1. The van der Waals surface area contributed by atoms with Crippen molar-refractivity contribution in [2.45, 2.75) is 25.3 Å². The highest BCUT2D eigenvalue weighted by molar-refractivity contribution is 7.07. The molecule has 1 amide bonds. The Morgan fingerprint density at radius 2 is 2.46 bits per heavy atom. The zero-order valence-corrected chi connectivity index (χ0v) is 8.38. The Labute approximate surface area is 81.4 Å². The Kier molecular flexibility index (Phi) is 2.31. The number of nitrogens with zero attached hydrogens (tertiary/aromatic N) is 2. The molecule has 1 aliphatic carbocycles. The van der Waals surface area contributed by atoms with Crippen LogP contribution >= 0.6 is 11.3 Å². The summed E-state index contributed by atoms with van der Waals surface area (Å²) in [5.74, 6) is 0.0611. The van der Waals surface area contributed by atoms with Crippen molar-refractivity contribution in [3.8, 4) is 0 Å². The zero-order chi connectivity index (χ0) is 9.26. The van der Waals surface area contributed by atoms with Crippen LogP contribution in [-0.2, 0) is 0 Å². The number of hydrogen-bond donors (Lipinski definition) is 0. The van der Waals surface area contributed by atoms with Gasteiger partial charge in [0.15, 0.2) is 0 Å². The van der Waals surface area contributed by atoms with E-state index in [0.29, 0.717) is 11.7 Å². The average molecular weight is 196 g/mol. The van der Waals surface area contributed by atoms with E-state index in [1.54, 1.807) is 10.9 Å². The third-order valence-corrected chi connectivity index (χ3v) is 3.18. The van der Waals surface area contributed by atoms with Gasteiger partial charge in [0.1, 0.15) is 5.69 Å². The minimum absolute atomic E-state index is 0.0611. The topological polar surface area (TPSA) is 33.2 Å². The number of rotatable bonds is 2. The first-order chi connectivity index (χ1) is 6.29. The number of hydrogen-bond acceptors (Lipinski definition) is 3. The molecule has 1 aromatic rings. The number of carbonyl (C=O) groups excluding carboxylic acids is 1. The summed E-state index contributed by atoms with van der Waals surface area (Å²) in [4.78, 5) is 17.5. The van der Waals surface area contributed by atoms with Crippen LogP contribution < -0.4 is 0 Å². The first kappa shape index (κ1) is 8.69. The second kappa shape index (κ2) is 3.46. The predicted molar refractivity (Wildman–Crippen MR) is 51.8 cm³/mol. The first-order valence-corrected chi connectivity index (χ1v) is 5.38. The lowest BCUT2D eigenvalue weighted by Gasteiger charge is -2.34. The van der Waals surface area contributed by atoms with Crippen LogP contribution in [-0.4, -0.2) is 28.9 Å². The van der Waals surface area contributed by atoms with E-state index in [0.717, 1.165) is 12.8 Å². The van der Waals surface area contributed by atoms with E-state index < -0.39 is 0 Å². The monoisotopic (exact) mass is 196 g/mol. The van der Waals surface area contributed by atoms with E-state index in [1.165, 1.54) is 17.8 Å². The van der Waals surface area contributed by atoms with Gasteiger partial charge in [-0.3, -0.25) is 4.79 Å². The van der Waals surface area contributed by atoms with Gasteiger partial charge in [-0.05, 0) is 19.3 Å². The van der Waals surface area contributed by atoms with Crippen molar-refractivity contribution in [2.24, 2.45) is 0 Å². The highest BCUT2D eigenvalue weighted by atomic mass is 32.1. The van der Waals surface area contributed by atoms with Crippen LogP contribution in [0.1, 0.15) is 29.8 Å². The summed E-state index contributed by atoms with van der Waals surface area (Å²) in [6.07, 6.45) is 3.54. The van der Waals surface area contributed by atoms with Crippen molar-refractivity contribution < 1.29 is 4.79 Å². The molecule has 0 N–H and O–H groups in total. The van der Waals surface area contributed by atoms with Crippen molar-refractivity contribution in [1.29, 1.82) is 0 Å². The standard InChI is InChI=1S/C9H12N2OS/c1-11(7-3-2-4-7)9(12)8-5-13-6-10-8/h5-7H,2-4H2,1H3. The molecule has 3 nitrogen and oxygen atoms in total. The molecule has 1 aromatic heterocycles. The van der Waals surface area contributed by atoms with E-state index in [2.05, 4.69) is 4.98 Å². The van der Waals surface area contributed by atoms with Gasteiger partial charge in [-0.25, -0.2) is 4.98 Å². The van der Waals surface area contributed by atoms with Gasteiger partial charge in [0.2, 0.25) is 0 Å². The maximum atomic E-state index is 11.7. The Morgan fingerprint density at radius 1 is 1.69 bits per heavy atom. The minimum atomic E-state index is 0.0611. The highest BCUT2D eigenvalue weighted by Crippen LogP contribution is 2.24. The van der Waals surface area contributed by atoms with Gasteiger partial charge in [0, 0.05) is 18.5 Å². The molecule has 0 aliphatic heterocycles. The minimum Gasteiger partial charge on any atom is -0.337 e. The van der Waals surface area contributed by atoms with Crippen LogP contribution in [0.2, 0.25) is 0 Å². The summed E-state index contributed by atoms with van der Waals surface area (Å²) < 4.78 is 0. The lowest BCUT2D eigenvalue weighted by molar-refractivity contribution is 0.0647. The quantitative estimate of drug-likeness (QED) is 0.722. The van der Waals surface area contributed by atoms with Gasteiger partial charge in [-0.2, -0.15) is 0 Å². The number of thiazole rings is 1. The summed E-state index contributed by atoms with van der Waals surface area (Å²) in [6.45, 7) is 0. The largest absolute Gasteiger partial charge is 0.337 e. The van der Waals surface area contributed by atoms with Crippen LogP contribution in [0.15, 0.2) is 10.9 Å². The Hall–Kier alpha value is -0.900. The highest BCUT2D eigenvalue weighted by Gasteiger charge is 2.26. The molecule has 0 atom stereocenters. The predicted octanol–water partition coefficient (Wildman–Crippen LogP) is 1.77. The van der Waals surface area contributed by atoms with Crippen molar-refractivity contribution in [3.63, 3.8) is 0 Å². The van der Waals surface area contributed by atoms with Gasteiger partial charge < -0.3 is 4.90 Å². The first-order valence-electron chi connectivity index (χ1n) is 4.44. The summed E-state index contributed by atoms with van der Waals surface area (Å²) in [6, 6.07) is 0.453. The number of aromatic nitrogens is 1. The number of carbonyl (C=O) groups is 1. The molecule has 1 fully saturated rings. The normalized spacial score (nSPS) is 16.7. The SMILES string of the molecule is CN(C(=O)c1cscn1)C1CCC1. The average Bonchev–Trinajstić information content (AvgIpc) is 2.51. The molecule has 0 aromatic carbocycles. The molecular formula is C9H12N2OS. The molecular weight excluding hydrogens is 184 g/mol. The molecule has 1 aliphatic rings. The third kappa shape index (κ3) is 1.58. The van der Waals surface area contributed by atoms with Gasteiger partial charge in [-0.15, -0.1) is 11.3 Å². The molecule has 0 unspecified atom stereocenters. The molecule has 2 rings (SSSR count). The second-order valence-corrected chi connectivity index (χ2v) is 4.09. The van der Waals surface area contributed by atoms with Crippen molar-refractivity contribution in [1.82, 2.24) is 9.88 Å². The van der Waals surface area contributed by atoms with Crippen LogP contribution in [0.5, 0.6) is 0 Å². The van der Waals surface area contributed by atoms with Gasteiger partial charge >= 0.3 is 0 Å². The van der Waals surface area contributed by atoms with E-state index in [1.807, 2.05) is 11.9 Å². The molecule has 4 heteroatoms. The van der Waals surface area contributed by atoms with Crippen molar-refractivity contribution in [3.05, 3.63) is 16.6 Å². The fourth-order valence-electron chi connectivity index (χ4n) is 1.44. The lowest BCUT2D eigenvalue weighted by Crippen LogP contribution is -2.41. The van der Waals surface area contributed by atoms with Crippen molar-refractivity contribution >= 4 is 17.2 Å². The van der Waals surface area contributed by atoms with Crippen LogP contribution in [0.4, 0.5) is 0 Å². The van der Waals surface area contributed by atoms with Gasteiger partial charge in [0.05, 0.1) is 5.51 Å². The van der Waals surface area contributed by atoms with E-state index in [9.17, 15) is 4.79 Å². The summed E-state index contributed by atoms with van der Waals surface area (Å²) in [5, 5.41) is 1.80. The van der Waals surface area contributed by atoms with Crippen LogP contribution in [0.25, 0.3) is 0 Å². The molecule has 0 radical (unpaired) electrons. The Bertz CT molecular complexity index is 293.